The molecular weight excluding hydrogens is 472 g/mol. The smallest absolute Gasteiger partial charge is 0.330 e. The van der Waals surface area contributed by atoms with Crippen molar-refractivity contribution in [3.63, 3.8) is 0 Å². The summed E-state index contributed by atoms with van der Waals surface area (Å²) in [5.41, 5.74) is 13.9. The van der Waals surface area contributed by atoms with E-state index < -0.39 is 34.1 Å². The molecule has 0 rings (SSSR count). The maximum absolute atomic E-state index is 11.9. The Hall–Kier alpha value is -4.51. The molecule has 0 saturated carbocycles. The molecule has 18 heteroatoms. The summed E-state index contributed by atoms with van der Waals surface area (Å²) in [7, 11) is 0. The van der Waals surface area contributed by atoms with E-state index in [-0.39, 0.29) is 38.2 Å². The number of allylic oxidation sites excluding steroid dienone is 1. The lowest BCUT2D eigenvalue weighted by molar-refractivity contribution is -0.525. The third kappa shape index (κ3) is 17.7. The third-order valence-corrected chi connectivity index (χ3v) is 3.60. The van der Waals surface area contributed by atoms with Crippen molar-refractivity contribution in [3.05, 3.63) is 32.5 Å². The molecule has 0 aliphatic heterocycles. The van der Waals surface area contributed by atoms with E-state index in [2.05, 4.69) is 20.3 Å². The average Bonchev–Trinajstić information content (AvgIpc) is 2.76. The first kappa shape index (κ1) is 30.5. The fourth-order valence-corrected chi connectivity index (χ4v) is 1.93. The Morgan fingerprint density at radius 2 is 1.43 bits per heavy atom. The van der Waals surface area contributed by atoms with E-state index in [0.29, 0.717) is 12.8 Å². The standard InChI is InChI=1S/C17H30N10O8/c1-12(14(28)34-10-4-8-22-16(18)24-26(30)31)20-6-3-7-21-13(2)15(29)35-11-5-9-23-17(19)25-27(32)33/h3,6-7,12-13,20H,4-5,8-11H2,1-2H3,(H3,18,22,24)(H3,19,23,25)/t12-,13-/m0/s1. The van der Waals surface area contributed by atoms with Crippen LogP contribution in [0.2, 0.25) is 0 Å². The van der Waals surface area contributed by atoms with Crippen molar-refractivity contribution < 1.29 is 29.1 Å². The quantitative estimate of drug-likeness (QED) is 0.0382. The van der Waals surface area contributed by atoms with Crippen molar-refractivity contribution >= 4 is 30.1 Å². The monoisotopic (exact) mass is 502 g/mol. The van der Waals surface area contributed by atoms with Gasteiger partial charge in [-0.2, -0.15) is 0 Å². The lowest BCUT2D eigenvalue weighted by Crippen LogP contribution is -2.36. The van der Waals surface area contributed by atoms with Crippen molar-refractivity contribution in [2.24, 2.45) is 26.4 Å². The van der Waals surface area contributed by atoms with E-state index in [4.69, 9.17) is 20.9 Å². The minimum absolute atomic E-state index is 0.0421. The number of nitrogens with two attached hydrogens (primary N) is 2. The van der Waals surface area contributed by atoms with Gasteiger partial charge in [0, 0.05) is 32.1 Å². The number of nitrogens with zero attached hydrogens (tertiary/aromatic N) is 5. The number of hydrogen-bond donors (Lipinski definition) is 5. The van der Waals surface area contributed by atoms with E-state index in [1.54, 1.807) is 17.8 Å². The largest absolute Gasteiger partial charge is 0.464 e. The molecule has 0 aromatic heterocycles. The van der Waals surface area contributed by atoms with E-state index in [9.17, 15) is 29.8 Å². The molecule has 2 atom stereocenters. The van der Waals surface area contributed by atoms with Crippen LogP contribution in [0.4, 0.5) is 0 Å². The number of carbonyl (C=O) groups is 2. The number of nitrogens with one attached hydrogen (secondary N) is 3. The molecule has 0 spiro atoms. The first-order valence-corrected chi connectivity index (χ1v) is 10.2. The highest BCUT2D eigenvalue weighted by Gasteiger charge is 2.12. The van der Waals surface area contributed by atoms with Crippen LogP contribution in [0.5, 0.6) is 0 Å². The number of nitro groups is 2. The highest BCUT2D eigenvalue weighted by molar-refractivity contribution is 5.80. The predicted molar refractivity (Wildman–Crippen MR) is 124 cm³/mol. The molecule has 0 aliphatic rings. The maximum atomic E-state index is 11.9. The summed E-state index contributed by atoms with van der Waals surface area (Å²) in [6.07, 6.45) is 4.93. The molecule has 0 saturated heterocycles. The van der Waals surface area contributed by atoms with E-state index in [1.165, 1.54) is 25.4 Å². The molecule has 196 valence electrons. The highest BCUT2D eigenvalue weighted by atomic mass is 16.7. The van der Waals surface area contributed by atoms with Gasteiger partial charge in [0.05, 0.1) is 13.2 Å². The van der Waals surface area contributed by atoms with E-state index in [0.717, 1.165) is 0 Å². The number of guanidine groups is 2. The van der Waals surface area contributed by atoms with Gasteiger partial charge in [0.25, 0.3) is 11.9 Å². The van der Waals surface area contributed by atoms with Crippen LogP contribution in [-0.4, -0.2) is 78.5 Å². The topological polar surface area (TPSA) is 264 Å². The van der Waals surface area contributed by atoms with Crippen LogP contribution in [0.1, 0.15) is 26.7 Å². The van der Waals surface area contributed by atoms with Crippen molar-refractivity contribution in [2.75, 3.05) is 26.3 Å². The molecule has 0 fully saturated rings. The third-order valence-electron chi connectivity index (χ3n) is 3.60. The first-order chi connectivity index (χ1) is 16.5. The minimum atomic E-state index is -0.838. The summed E-state index contributed by atoms with van der Waals surface area (Å²) in [5, 5.41) is 21.4. The molecule has 0 heterocycles. The second-order valence-corrected chi connectivity index (χ2v) is 6.54. The van der Waals surface area contributed by atoms with Crippen LogP contribution in [0.25, 0.3) is 0 Å². The molecule has 0 bridgehead atoms. The molecule has 0 unspecified atom stereocenters. The van der Waals surface area contributed by atoms with Crippen LogP contribution < -0.4 is 27.6 Å². The van der Waals surface area contributed by atoms with Gasteiger partial charge in [-0.05, 0) is 26.1 Å². The van der Waals surface area contributed by atoms with Gasteiger partial charge in [-0.15, -0.1) is 0 Å². The molecule has 0 amide bonds. The van der Waals surface area contributed by atoms with Crippen molar-refractivity contribution in [1.29, 1.82) is 0 Å². The molecule has 0 aromatic carbocycles. The molecule has 35 heavy (non-hydrogen) atoms. The Morgan fingerprint density at radius 1 is 0.943 bits per heavy atom. The fourth-order valence-electron chi connectivity index (χ4n) is 1.93. The van der Waals surface area contributed by atoms with Gasteiger partial charge in [0.1, 0.15) is 12.1 Å². The van der Waals surface area contributed by atoms with Crippen molar-refractivity contribution in [3.8, 4) is 0 Å². The van der Waals surface area contributed by atoms with Crippen LogP contribution >= 0.6 is 0 Å². The molecule has 7 N–H and O–H groups in total. The average molecular weight is 502 g/mol. The number of rotatable bonds is 16. The van der Waals surface area contributed by atoms with Gasteiger partial charge in [-0.1, -0.05) is 10.9 Å². The Labute approximate surface area is 200 Å². The van der Waals surface area contributed by atoms with Crippen LogP contribution in [0.3, 0.4) is 0 Å². The Bertz CT molecular complexity index is 830. The number of aliphatic imine (C=N–C) groups is 3. The van der Waals surface area contributed by atoms with E-state index >= 15 is 0 Å². The number of hydrazine groups is 2. The lowest BCUT2D eigenvalue weighted by Gasteiger charge is -2.11. The lowest BCUT2D eigenvalue weighted by atomic mass is 10.3. The number of carbonyl (C=O) groups excluding carboxylic acids is 2. The summed E-state index contributed by atoms with van der Waals surface area (Å²) in [6.45, 7) is 3.48. The Balaban J connectivity index is 4.07. The fraction of sp³-hybridized carbons (Fsp3) is 0.588. The zero-order chi connectivity index (χ0) is 26.6. The van der Waals surface area contributed by atoms with Gasteiger partial charge in [0.15, 0.2) is 10.1 Å². The minimum Gasteiger partial charge on any atom is -0.464 e. The molecule has 0 radical (unpaired) electrons. The summed E-state index contributed by atoms with van der Waals surface area (Å²) >= 11 is 0. The van der Waals surface area contributed by atoms with Crippen LogP contribution in [0, 0.1) is 20.2 Å². The summed E-state index contributed by atoms with van der Waals surface area (Å²) in [6, 6.07) is -1.44. The number of hydrogen-bond acceptors (Lipinski definition) is 12. The van der Waals surface area contributed by atoms with Crippen LogP contribution in [-0.2, 0) is 19.1 Å². The molecule has 0 aromatic rings. The van der Waals surface area contributed by atoms with Gasteiger partial charge in [-0.25, -0.2) is 39.8 Å². The Morgan fingerprint density at radius 3 is 1.91 bits per heavy atom. The second-order valence-electron chi connectivity index (χ2n) is 6.54. The van der Waals surface area contributed by atoms with Gasteiger partial charge in [0.2, 0.25) is 0 Å². The second kappa shape index (κ2) is 18.0. The SMILES string of the molecule is C[C@H](N=CC=CN[C@@H](C)C(=O)OCCCN=C(N)N[N+](=O)[O-])C(=O)OCCCN=C(N)N[N+](=O)[O-]. The maximum Gasteiger partial charge on any atom is 0.330 e. The number of esters is 2. The van der Waals surface area contributed by atoms with Crippen molar-refractivity contribution in [2.45, 2.75) is 38.8 Å². The molecule has 18 nitrogen and oxygen atoms in total. The van der Waals surface area contributed by atoms with E-state index in [1.807, 2.05) is 0 Å². The van der Waals surface area contributed by atoms with Crippen molar-refractivity contribution in [1.82, 2.24) is 16.2 Å². The summed E-state index contributed by atoms with van der Waals surface area (Å²) in [4.78, 5) is 55.3. The zero-order valence-corrected chi connectivity index (χ0v) is 19.3. The first-order valence-electron chi connectivity index (χ1n) is 10.2. The van der Waals surface area contributed by atoms with Gasteiger partial charge < -0.3 is 26.3 Å². The Kier molecular flexibility index (Phi) is 15.7. The zero-order valence-electron chi connectivity index (χ0n) is 19.3. The molecule has 0 aliphatic carbocycles. The number of ether oxygens (including phenoxy) is 2. The van der Waals surface area contributed by atoms with Gasteiger partial charge >= 0.3 is 11.9 Å². The van der Waals surface area contributed by atoms with Crippen LogP contribution in [0.15, 0.2) is 27.3 Å². The molecular formula is C17H30N10O8. The normalized spacial score (nSPS) is 13.8. The predicted octanol–water partition coefficient (Wildman–Crippen LogP) is -2.00. The van der Waals surface area contributed by atoms with Gasteiger partial charge in [-0.3, -0.25) is 4.99 Å². The summed E-state index contributed by atoms with van der Waals surface area (Å²) in [5.74, 6) is -1.78. The highest BCUT2D eigenvalue weighted by Crippen LogP contribution is 1.95. The summed E-state index contributed by atoms with van der Waals surface area (Å²) < 4.78 is 10.0.